The number of ether oxygens (including phenoxy) is 1. The standard InChI is InChI=1S/C17H21NO4/c1-12-5-7-13(8-6-12)14-11-15(19)22-17(16(14)18(20)21)9-3-2-4-10-17/h5-8,14,16H,2-4,9-11H2,1H3/t14-,16+/m0/s1. The van der Waals surface area contributed by atoms with E-state index in [1.54, 1.807) is 0 Å². The van der Waals surface area contributed by atoms with Crippen LogP contribution in [0.1, 0.15) is 55.6 Å². The summed E-state index contributed by atoms with van der Waals surface area (Å²) in [5.74, 6) is -0.694. The number of hydrogen-bond acceptors (Lipinski definition) is 4. The van der Waals surface area contributed by atoms with Crippen LogP contribution in [0.4, 0.5) is 0 Å². The number of carbonyl (C=O) groups is 1. The van der Waals surface area contributed by atoms with E-state index in [2.05, 4.69) is 0 Å². The summed E-state index contributed by atoms with van der Waals surface area (Å²) in [6, 6.07) is 6.87. The van der Waals surface area contributed by atoms with Gasteiger partial charge >= 0.3 is 5.97 Å². The van der Waals surface area contributed by atoms with Crippen molar-refractivity contribution >= 4 is 5.97 Å². The van der Waals surface area contributed by atoms with Crippen LogP contribution in [0, 0.1) is 17.0 Å². The lowest BCUT2D eigenvalue weighted by atomic mass is 9.70. The highest BCUT2D eigenvalue weighted by Crippen LogP contribution is 2.46. The predicted molar refractivity (Wildman–Crippen MR) is 81.2 cm³/mol. The summed E-state index contributed by atoms with van der Waals surface area (Å²) < 4.78 is 5.58. The second kappa shape index (κ2) is 5.71. The molecule has 1 heterocycles. The molecule has 1 saturated carbocycles. The molecule has 5 heteroatoms. The van der Waals surface area contributed by atoms with E-state index in [-0.39, 0.29) is 17.3 Å². The Balaban J connectivity index is 2.01. The van der Waals surface area contributed by atoms with Crippen molar-refractivity contribution < 1.29 is 14.5 Å². The largest absolute Gasteiger partial charge is 0.452 e. The molecule has 0 aromatic heterocycles. The average Bonchev–Trinajstić information content (AvgIpc) is 2.47. The van der Waals surface area contributed by atoms with Gasteiger partial charge < -0.3 is 4.74 Å². The summed E-state index contributed by atoms with van der Waals surface area (Å²) in [7, 11) is 0. The van der Waals surface area contributed by atoms with Crippen LogP contribution in [0.5, 0.6) is 0 Å². The third-order valence-electron chi connectivity index (χ3n) is 5.06. The molecule has 0 amide bonds. The molecule has 0 radical (unpaired) electrons. The van der Waals surface area contributed by atoms with Crippen molar-refractivity contribution in [2.24, 2.45) is 0 Å². The number of esters is 1. The lowest BCUT2D eigenvalue weighted by molar-refractivity contribution is -0.554. The Morgan fingerprint density at radius 2 is 1.82 bits per heavy atom. The summed E-state index contributed by atoms with van der Waals surface area (Å²) >= 11 is 0. The zero-order chi connectivity index (χ0) is 15.7. The van der Waals surface area contributed by atoms with Gasteiger partial charge in [-0.1, -0.05) is 36.2 Å². The molecule has 2 fully saturated rings. The maximum Gasteiger partial charge on any atom is 0.307 e. The Bertz CT molecular complexity index is 575. The molecule has 0 bridgehead atoms. The summed E-state index contributed by atoms with van der Waals surface area (Å²) in [6.45, 7) is 1.98. The molecule has 22 heavy (non-hydrogen) atoms. The minimum absolute atomic E-state index is 0.0937. The van der Waals surface area contributed by atoms with Gasteiger partial charge in [-0.05, 0) is 38.2 Å². The van der Waals surface area contributed by atoms with Gasteiger partial charge in [0.1, 0.15) is 0 Å². The molecule has 5 nitrogen and oxygen atoms in total. The quantitative estimate of drug-likeness (QED) is 0.477. The number of nitrogens with zero attached hydrogens (tertiary/aromatic N) is 1. The lowest BCUT2D eigenvalue weighted by Crippen LogP contribution is -2.57. The number of carbonyl (C=O) groups excluding carboxylic acids is 1. The fourth-order valence-corrected chi connectivity index (χ4v) is 3.99. The third-order valence-corrected chi connectivity index (χ3v) is 5.06. The van der Waals surface area contributed by atoms with Crippen molar-refractivity contribution in [1.82, 2.24) is 0 Å². The molecular formula is C17H21NO4. The van der Waals surface area contributed by atoms with Crippen molar-refractivity contribution in [3.05, 3.63) is 45.5 Å². The fourth-order valence-electron chi connectivity index (χ4n) is 3.99. The first-order chi connectivity index (χ1) is 10.5. The van der Waals surface area contributed by atoms with E-state index in [4.69, 9.17) is 4.74 Å². The fraction of sp³-hybridized carbons (Fsp3) is 0.588. The molecule has 2 atom stereocenters. The van der Waals surface area contributed by atoms with E-state index in [0.717, 1.165) is 30.4 Å². The van der Waals surface area contributed by atoms with Crippen molar-refractivity contribution in [3.63, 3.8) is 0 Å². The smallest absolute Gasteiger partial charge is 0.307 e. The monoisotopic (exact) mass is 303 g/mol. The van der Waals surface area contributed by atoms with E-state index < -0.39 is 17.6 Å². The van der Waals surface area contributed by atoms with Gasteiger partial charge in [0.2, 0.25) is 0 Å². The highest BCUT2D eigenvalue weighted by atomic mass is 16.6. The molecule has 1 aliphatic heterocycles. The van der Waals surface area contributed by atoms with Gasteiger partial charge in [-0.25, -0.2) is 0 Å². The van der Waals surface area contributed by atoms with Crippen molar-refractivity contribution in [1.29, 1.82) is 0 Å². The molecule has 1 aliphatic carbocycles. The van der Waals surface area contributed by atoms with E-state index >= 15 is 0 Å². The zero-order valence-electron chi connectivity index (χ0n) is 12.8. The first-order valence-electron chi connectivity index (χ1n) is 7.94. The van der Waals surface area contributed by atoms with Gasteiger partial charge in [0, 0.05) is 4.92 Å². The summed E-state index contributed by atoms with van der Waals surface area (Å²) in [4.78, 5) is 23.7. The Hall–Kier alpha value is -1.91. The second-order valence-electron chi connectivity index (χ2n) is 6.55. The van der Waals surface area contributed by atoms with E-state index in [1.165, 1.54) is 0 Å². The molecule has 1 saturated heterocycles. The summed E-state index contributed by atoms with van der Waals surface area (Å²) in [6.07, 6.45) is 4.13. The van der Waals surface area contributed by atoms with Crippen LogP contribution in [0.25, 0.3) is 0 Å². The lowest BCUT2D eigenvalue weighted by Gasteiger charge is -2.44. The molecule has 1 aromatic rings. The number of aryl methyl sites for hydroxylation is 1. The van der Waals surface area contributed by atoms with Gasteiger partial charge in [-0.3, -0.25) is 14.9 Å². The van der Waals surface area contributed by atoms with Gasteiger partial charge in [-0.15, -0.1) is 0 Å². The molecule has 3 rings (SSSR count). The first kappa shape index (κ1) is 15.0. The second-order valence-corrected chi connectivity index (χ2v) is 6.55. The van der Waals surface area contributed by atoms with E-state index in [0.29, 0.717) is 12.8 Å². The SMILES string of the molecule is Cc1ccc([C@@H]2CC(=O)OC3(CCCCC3)[C@@H]2[N+](=O)[O-])cc1. The van der Waals surface area contributed by atoms with Gasteiger partial charge in [0.15, 0.2) is 5.60 Å². The zero-order valence-corrected chi connectivity index (χ0v) is 12.8. The third kappa shape index (κ3) is 2.60. The highest BCUT2D eigenvalue weighted by Gasteiger charge is 2.58. The minimum Gasteiger partial charge on any atom is -0.452 e. The molecule has 1 aromatic carbocycles. The molecule has 118 valence electrons. The van der Waals surface area contributed by atoms with Crippen LogP contribution >= 0.6 is 0 Å². The Morgan fingerprint density at radius 3 is 2.41 bits per heavy atom. The van der Waals surface area contributed by atoms with E-state index in [9.17, 15) is 14.9 Å². The van der Waals surface area contributed by atoms with Crippen LogP contribution < -0.4 is 0 Å². The Labute approximate surface area is 129 Å². The molecule has 0 N–H and O–H groups in total. The van der Waals surface area contributed by atoms with Crippen molar-refractivity contribution in [2.45, 2.75) is 63.0 Å². The average molecular weight is 303 g/mol. The molecule has 1 spiro atoms. The molecular weight excluding hydrogens is 282 g/mol. The van der Waals surface area contributed by atoms with Gasteiger partial charge in [0.05, 0.1) is 12.3 Å². The Morgan fingerprint density at radius 1 is 1.18 bits per heavy atom. The van der Waals surface area contributed by atoms with Crippen molar-refractivity contribution in [3.8, 4) is 0 Å². The summed E-state index contributed by atoms with van der Waals surface area (Å²) in [5.41, 5.74) is 1.06. The minimum atomic E-state index is -0.910. The van der Waals surface area contributed by atoms with Crippen LogP contribution in [0.15, 0.2) is 24.3 Å². The number of hydrogen-bond donors (Lipinski definition) is 0. The topological polar surface area (TPSA) is 69.4 Å². The summed E-state index contributed by atoms with van der Waals surface area (Å²) in [5, 5.41) is 11.8. The number of benzene rings is 1. The normalized spacial score (nSPS) is 27.4. The number of nitro groups is 1. The van der Waals surface area contributed by atoms with Crippen LogP contribution in [-0.2, 0) is 9.53 Å². The first-order valence-corrected chi connectivity index (χ1v) is 7.94. The van der Waals surface area contributed by atoms with Crippen molar-refractivity contribution in [2.75, 3.05) is 0 Å². The number of rotatable bonds is 2. The highest BCUT2D eigenvalue weighted by molar-refractivity contribution is 5.72. The van der Waals surface area contributed by atoms with Gasteiger partial charge in [-0.2, -0.15) is 0 Å². The van der Waals surface area contributed by atoms with Crippen LogP contribution in [0.3, 0.4) is 0 Å². The van der Waals surface area contributed by atoms with Crippen LogP contribution in [-0.4, -0.2) is 22.5 Å². The molecule has 2 aliphatic rings. The maximum absolute atomic E-state index is 12.1. The molecule has 0 unspecified atom stereocenters. The Kier molecular flexibility index (Phi) is 3.89. The predicted octanol–water partition coefficient (Wildman–Crippen LogP) is 3.37. The van der Waals surface area contributed by atoms with Crippen LogP contribution in [0.2, 0.25) is 0 Å². The maximum atomic E-state index is 12.1. The van der Waals surface area contributed by atoms with Gasteiger partial charge in [0.25, 0.3) is 6.04 Å². The van der Waals surface area contributed by atoms with E-state index in [1.807, 2.05) is 31.2 Å².